The van der Waals surface area contributed by atoms with Crippen LogP contribution in [0.4, 0.5) is 29.2 Å². The van der Waals surface area contributed by atoms with Crippen LogP contribution in [0.25, 0.3) is 22.3 Å². The molecule has 0 aliphatic carbocycles. The molecule has 142 valence electrons. The summed E-state index contributed by atoms with van der Waals surface area (Å²) < 4.78 is 53.5. The molecule has 4 aromatic rings. The van der Waals surface area contributed by atoms with Crippen LogP contribution in [0.5, 0.6) is 0 Å². The molecule has 0 aliphatic heterocycles. The molecule has 9 heteroatoms. The third-order valence-corrected chi connectivity index (χ3v) is 4.10. The lowest BCUT2D eigenvalue weighted by Crippen LogP contribution is -2.09. The molecule has 2 heterocycles. The molecule has 0 unspecified atom stereocenters. The van der Waals surface area contributed by atoms with Crippen LogP contribution in [0.2, 0.25) is 0 Å². The number of aryl methyl sites for hydroxylation is 1. The Kier molecular flexibility index (Phi) is 4.21. The van der Waals surface area contributed by atoms with E-state index in [1.54, 1.807) is 19.1 Å². The van der Waals surface area contributed by atoms with Gasteiger partial charge in [0.05, 0.1) is 11.1 Å². The van der Waals surface area contributed by atoms with Crippen molar-refractivity contribution in [1.29, 1.82) is 0 Å². The lowest BCUT2D eigenvalue weighted by atomic mass is 10.1. The highest BCUT2D eigenvalue weighted by Crippen LogP contribution is 2.36. The fourth-order valence-electron chi connectivity index (χ4n) is 2.88. The van der Waals surface area contributed by atoms with Gasteiger partial charge in [-0.3, -0.25) is 5.10 Å². The SMILES string of the molecule is Cc1cc(Nc2n[nH]c3ccc(F)cc23)nc(-c2ccccc2C(F)(F)F)n1. The first kappa shape index (κ1) is 17.9. The number of anilines is 2. The molecular formula is C19H13F4N5. The van der Waals surface area contributed by atoms with E-state index >= 15 is 0 Å². The second kappa shape index (κ2) is 6.59. The summed E-state index contributed by atoms with van der Waals surface area (Å²) in [6.07, 6.45) is -4.53. The van der Waals surface area contributed by atoms with Gasteiger partial charge in [0.15, 0.2) is 11.6 Å². The lowest BCUT2D eigenvalue weighted by Gasteiger charge is -2.13. The normalized spacial score (nSPS) is 11.8. The zero-order valence-electron chi connectivity index (χ0n) is 14.5. The van der Waals surface area contributed by atoms with E-state index in [-0.39, 0.29) is 17.2 Å². The summed E-state index contributed by atoms with van der Waals surface area (Å²) in [6.45, 7) is 1.65. The van der Waals surface area contributed by atoms with E-state index in [1.807, 2.05) is 0 Å². The average Bonchev–Trinajstić information content (AvgIpc) is 3.02. The Morgan fingerprint density at radius 1 is 1.00 bits per heavy atom. The predicted octanol–water partition coefficient (Wildman–Crippen LogP) is 5.23. The smallest absolute Gasteiger partial charge is 0.323 e. The minimum atomic E-state index is -4.53. The van der Waals surface area contributed by atoms with Gasteiger partial charge in [-0.25, -0.2) is 14.4 Å². The molecule has 0 atom stereocenters. The Morgan fingerprint density at radius 2 is 1.79 bits per heavy atom. The molecule has 2 aromatic carbocycles. The molecule has 0 aliphatic rings. The molecule has 2 aromatic heterocycles. The second-order valence-electron chi connectivity index (χ2n) is 6.15. The molecule has 0 saturated carbocycles. The number of halogens is 4. The van der Waals surface area contributed by atoms with Gasteiger partial charge in [0.1, 0.15) is 11.6 Å². The lowest BCUT2D eigenvalue weighted by molar-refractivity contribution is -0.137. The van der Waals surface area contributed by atoms with Crippen molar-refractivity contribution in [3.05, 3.63) is 65.6 Å². The van der Waals surface area contributed by atoms with Crippen LogP contribution in [-0.2, 0) is 6.18 Å². The van der Waals surface area contributed by atoms with Crippen LogP contribution in [0, 0.1) is 12.7 Å². The van der Waals surface area contributed by atoms with Crippen LogP contribution in [0.3, 0.4) is 0 Å². The van der Waals surface area contributed by atoms with Gasteiger partial charge in [-0.2, -0.15) is 18.3 Å². The van der Waals surface area contributed by atoms with Crippen LogP contribution in [-0.4, -0.2) is 20.2 Å². The van der Waals surface area contributed by atoms with Gasteiger partial charge >= 0.3 is 6.18 Å². The molecular weight excluding hydrogens is 374 g/mol. The van der Waals surface area contributed by atoms with Crippen molar-refractivity contribution in [1.82, 2.24) is 20.2 Å². The van der Waals surface area contributed by atoms with Crippen LogP contribution in [0.1, 0.15) is 11.3 Å². The van der Waals surface area contributed by atoms with Gasteiger partial charge in [-0.15, -0.1) is 0 Å². The maximum Gasteiger partial charge on any atom is 0.417 e. The molecule has 0 fully saturated rings. The number of hydrogen-bond donors (Lipinski definition) is 2. The van der Waals surface area contributed by atoms with E-state index in [1.165, 1.54) is 30.3 Å². The molecule has 5 nitrogen and oxygen atoms in total. The zero-order chi connectivity index (χ0) is 19.9. The summed E-state index contributed by atoms with van der Waals surface area (Å²) in [5, 5.41) is 10.2. The highest BCUT2D eigenvalue weighted by molar-refractivity contribution is 5.91. The number of H-pyrrole nitrogens is 1. The number of alkyl halides is 3. The quantitative estimate of drug-likeness (QED) is 0.473. The van der Waals surface area contributed by atoms with Crippen molar-refractivity contribution in [3.63, 3.8) is 0 Å². The fourth-order valence-corrected chi connectivity index (χ4v) is 2.88. The van der Waals surface area contributed by atoms with E-state index in [0.717, 1.165) is 6.07 Å². The summed E-state index contributed by atoms with van der Waals surface area (Å²) in [7, 11) is 0. The van der Waals surface area contributed by atoms with Crippen LogP contribution >= 0.6 is 0 Å². The van der Waals surface area contributed by atoms with E-state index in [0.29, 0.717) is 22.4 Å². The number of rotatable bonds is 3. The zero-order valence-corrected chi connectivity index (χ0v) is 14.5. The van der Waals surface area contributed by atoms with E-state index in [9.17, 15) is 17.6 Å². The Morgan fingerprint density at radius 3 is 2.57 bits per heavy atom. The third-order valence-electron chi connectivity index (χ3n) is 4.10. The van der Waals surface area contributed by atoms with Crippen molar-refractivity contribution in [2.75, 3.05) is 5.32 Å². The second-order valence-corrected chi connectivity index (χ2v) is 6.15. The molecule has 0 amide bonds. The number of hydrogen-bond acceptors (Lipinski definition) is 4. The molecule has 4 rings (SSSR count). The maximum absolute atomic E-state index is 13.5. The Balaban J connectivity index is 1.77. The highest BCUT2D eigenvalue weighted by atomic mass is 19.4. The van der Waals surface area contributed by atoms with Crippen LogP contribution in [0.15, 0.2) is 48.5 Å². The first-order chi connectivity index (χ1) is 13.3. The monoisotopic (exact) mass is 387 g/mol. The largest absolute Gasteiger partial charge is 0.417 e. The molecule has 28 heavy (non-hydrogen) atoms. The number of aromatic amines is 1. The number of nitrogens with zero attached hydrogens (tertiary/aromatic N) is 3. The van der Waals surface area contributed by atoms with Crippen molar-refractivity contribution in [2.45, 2.75) is 13.1 Å². The maximum atomic E-state index is 13.5. The van der Waals surface area contributed by atoms with Gasteiger partial charge in [-0.1, -0.05) is 18.2 Å². The summed E-state index contributed by atoms with van der Waals surface area (Å²) in [5.74, 6) is 0.0526. The predicted molar refractivity (Wildman–Crippen MR) is 96.5 cm³/mol. The number of nitrogens with one attached hydrogen (secondary N) is 2. The fraction of sp³-hybridized carbons (Fsp3) is 0.105. The van der Waals surface area contributed by atoms with Crippen LogP contribution < -0.4 is 5.32 Å². The number of benzene rings is 2. The Labute approximate surface area is 156 Å². The Bertz CT molecular complexity index is 1170. The molecule has 0 saturated heterocycles. The average molecular weight is 387 g/mol. The van der Waals surface area contributed by atoms with Crippen molar-refractivity contribution < 1.29 is 17.6 Å². The first-order valence-electron chi connectivity index (χ1n) is 8.24. The summed E-state index contributed by atoms with van der Waals surface area (Å²) in [4.78, 5) is 8.36. The topological polar surface area (TPSA) is 66.5 Å². The number of aromatic nitrogens is 4. The molecule has 0 bridgehead atoms. The first-order valence-corrected chi connectivity index (χ1v) is 8.24. The Hall–Kier alpha value is -3.49. The molecule has 0 radical (unpaired) electrons. The van der Waals surface area contributed by atoms with Crippen molar-refractivity contribution >= 4 is 22.5 Å². The van der Waals surface area contributed by atoms with E-state index < -0.39 is 17.6 Å². The van der Waals surface area contributed by atoms with Gasteiger partial charge < -0.3 is 5.32 Å². The van der Waals surface area contributed by atoms with Crippen molar-refractivity contribution in [2.24, 2.45) is 0 Å². The van der Waals surface area contributed by atoms with Gasteiger partial charge in [0, 0.05) is 22.7 Å². The summed E-state index contributed by atoms with van der Waals surface area (Å²) in [6, 6.07) is 10.8. The standard InChI is InChI=1S/C19H13F4N5/c1-10-8-16(26-18-13-9-11(20)6-7-15(13)27-28-18)25-17(24-10)12-4-2-3-5-14(12)19(21,22)23/h2-9H,1H3,(H2,24,25,26,27,28). The molecule has 0 spiro atoms. The van der Waals surface area contributed by atoms with E-state index in [2.05, 4.69) is 25.5 Å². The summed E-state index contributed by atoms with van der Waals surface area (Å²) >= 11 is 0. The highest BCUT2D eigenvalue weighted by Gasteiger charge is 2.34. The minimum absolute atomic E-state index is 0.0681. The minimum Gasteiger partial charge on any atom is -0.323 e. The summed E-state index contributed by atoms with van der Waals surface area (Å²) in [5.41, 5.74) is 0.131. The van der Waals surface area contributed by atoms with Crippen molar-refractivity contribution in [3.8, 4) is 11.4 Å². The van der Waals surface area contributed by atoms with Gasteiger partial charge in [0.25, 0.3) is 0 Å². The molecule has 2 N–H and O–H groups in total. The third kappa shape index (κ3) is 3.38. The van der Waals surface area contributed by atoms with Gasteiger partial charge in [0.2, 0.25) is 0 Å². The van der Waals surface area contributed by atoms with E-state index in [4.69, 9.17) is 0 Å². The van der Waals surface area contributed by atoms with Gasteiger partial charge in [-0.05, 0) is 31.2 Å². The number of fused-ring (bicyclic) bond motifs is 1.